The molecule has 0 bridgehead atoms. The summed E-state index contributed by atoms with van der Waals surface area (Å²) in [7, 11) is -1.59. The Labute approximate surface area is 240 Å². The van der Waals surface area contributed by atoms with Crippen molar-refractivity contribution in [2.75, 3.05) is 32.9 Å². The molecule has 0 saturated carbocycles. The summed E-state index contributed by atoms with van der Waals surface area (Å²) < 4.78 is 25.6. The van der Waals surface area contributed by atoms with E-state index in [0.717, 1.165) is 39.9 Å². The van der Waals surface area contributed by atoms with Crippen LogP contribution < -0.4 is 10.6 Å². The number of aromatic nitrogens is 1. The third-order valence-electron chi connectivity index (χ3n) is 8.24. The summed E-state index contributed by atoms with van der Waals surface area (Å²) in [5.74, 6) is -0.504. The Hall–Kier alpha value is -2.86. The average Bonchev–Trinajstić information content (AvgIpc) is 3.64. The molecule has 1 aromatic heterocycles. The molecule has 2 amide bonds. The maximum atomic E-state index is 14.1. The summed E-state index contributed by atoms with van der Waals surface area (Å²) in [6, 6.07) is 13.1. The number of carbonyl (C=O) groups excluding carboxylic acids is 2. The molecule has 3 aromatic rings. The number of fused-ring (bicyclic) bond motifs is 1. The lowest BCUT2D eigenvalue weighted by molar-refractivity contribution is -0.139. The van der Waals surface area contributed by atoms with Gasteiger partial charge in [-0.1, -0.05) is 42.5 Å². The second kappa shape index (κ2) is 11.9. The van der Waals surface area contributed by atoms with Gasteiger partial charge in [0.25, 0.3) is 0 Å². The van der Waals surface area contributed by atoms with E-state index in [-0.39, 0.29) is 23.8 Å². The first-order valence-corrected chi connectivity index (χ1v) is 16.6. The van der Waals surface area contributed by atoms with Crippen LogP contribution in [0.3, 0.4) is 0 Å². The fraction of sp³-hybridized carbons (Fsp3) is 0.483. The van der Waals surface area contributed by atoms with Crippen molar-refractivity contribution >= 4 is 43.9 Å². The lowest BCUT2D eigenvalue weighted by Gasteiger charge is -2.37. The molecule has 40 heavy (non-hydrogen) atoms. The van der Waals surface area contributed by atoms with Crippen molar-refractivity contribution in [3.05, 3.63) is 52.9 Å². The molecule has 0 radical (unpaired) electrons. The summed E-state index contributed by atoms with van der Waals surface area (Å²) in [6.07, 6.45) is 3.91. The fourth-order valence-corrected chi connectivity index (χ4v) is 7.65. The van der Waals surface area contributed by atoms with Crippen LogP contribution in [0.5, 0.6) is 0 Å². The molecule has 0 unspecified atom stereocenters. The third kappa shape index (κ3) is 5.93. The van der Waals surface area contributed by atoms with Gasteiger partial charge in [0.2, 0.25) is 21.8 Å². The van der Waals surface area contributed by atoms with Gasteiger partial charge in [0.05, 0.1) is 24.0 Å². The zero-order valence-electron chi connectivity index (χ0n) is 23.2. The number of hydrogen-bond donors (Lipinski definition) is 2. The van der Waals surface area contributed by atoms with Gasteiger partial charge < -0.3 is 15.5 Å². The standard InChI is InChI=1S/C29H37N5O4S2/c1-19(30-2)27(35)32-26(21-13-16-33(17-14-21)40(3,37)38)29(36)34-15-7-12-25(34)28-31-24(18-39-28)23-11-6-9-20-8-4-5-10-22(20)23/h4-6,8-11,18-19,21,25-26,30H,7,12-17H2,1-3H3,(H,32,35)/t19-,25-,26-/m0/s1. The molecule has 2 aliphatic heterocycles. The van der Waals surface area contributed by atoms with Crippen LogP contribution in [0.2, 0.25) is 0 Å². The van der Waals surface area contributed by atoms with Crippen LogP contribution in [0.1, 0.15) is 43.7 Å². The maximum absolute atomic E-state index is 14.1. The number of nitrogens with zero attached hydrogens (tertiary/aromatic N) is 3. The Morgan fingerprint density at radius 1 is 1.05 bits per heavy atom. The minimum absolute atomic E-state index is 0.112. The second-order valence-electron chi connectivity index (χ2n) is 10.8. The molecule has 0 spiro atoms. The lowest BCUT2D eigenvalue weighted by atomic mass is 9.88. The minimum atomic E-state index is -3.30. The van der Waals surface area contributed by atoms with Crippen molar-refractivity contribution < 1.29 is 18.0 Å². The average molecular weight is 584 g/mol. The summed E-state index contributed by atoms with van der Waals surface area (Å²) in [5.41, 5.74) is 1.97. The number of piperidine rings is 1. The van der Waals surface area contributed by atoms with Crippen LogP contribution in [0, 0.1) is 5.92 Å². The van der Waals surface area contributed by atoms with Gasteiger partial charge in [0.15, 0.2) is 0 Å². The number of likely N-dealkylation sites (N-methyl/N-ethyl adjacent to an activating group) is 1. The highest BCUT2D eigenvalue weighted by Crippen LogP contribution is 2.38. The Kier molecular flexibility index (Phi) is 8.55. The number of benzene rings is 2. The van der Waals surface area contributed by atoms with Crippen molar-refractivity contribution in [2.24, 2.45) is 5.92 Å². The third-order valence-corrected chi connectivity index (χ3v) is 10.5. The summed E-state index contributed by atoms with van der Waals surface area (Å²) in [5, 5.41) is 11.2. The monoisotopic (exact) mass is 583 g/mol. The highest BCUT2D eigenvalue weighted by atomic mass is 32.2. The molecule has 214 valence electrons. The Bertz CT molecular complexity index is 1480. The second-order valence-corrected chi connectivity index (χ2v) is 13.7. The fourth-order valence-electron chi connectivity index (χ4n) is 5.81. The molecule has 3 atom stereocenters. The molecule has 2 aliphatic rings. The summed E-state index contributed by atoms with van der Waals surface area (Å²) in [6.45, 7) is 3.04. The number of thiazole rings is 1. The first kappa shape index (κ1) is 28.7. The van der Waals surface area contributed by atoms with E-state index in [1.54, 1.807) is 25.3 Å². The van der Waals surface area contributed by atoms with E-state index < -0.39 is 22.1 Å². The first-order valence-electron chi connectivity index (χ1n) is 13.8. The van der Waals surface area contributed by atoms with Crippen LogP contribution in [-0.2, 0) is 19.6 Å². The normalized spacial score (nSPS) is 20.5. The maximum Gasteiger partial charge on any atom is 0.246 e. The molecule has 0 aliphatic carbocycles. The molecule has 2 saturated heterocycles. The van der Waals surface area contributed by atoms with E-state index in [9.17, 15) is 18.0 Å². The lowest BCUT2D eigenvalue weighted by Crippen LogP contribution is -2.57. The van der Waals surface area contributed by atoms with Crippen molar-refractivity contribution in [2.45, 2.75) is 50.7 Å². The van der Waals surface area contributed by atoms with E-state index in [4.69, 9.17) is 4.98 Å². The molecular formula is C29H37N5O4S2. The predicted molar refractivity (Wildman–Crippen MR) is 158 cm³/mol. The molecule has 5 rings (SSSR count). The van der Waals surface area contributed by atoms with Gasteiger partial charge in [0.1, 0.15) is 11.0 Å². The van der Waals surface area contributed by atoms with Gasteiger partial charge in [-0.25, -0.2) is 17.7 Å². The van der Waals surface area contributed by atoms with Crippen LogP contribution in [0.4, 0.5) is 0 Å². The zero-order chi connectivity index (χ0) is 28.4. The largest absolute Gasteiger partial charge is 0.343 e. The number of hydrogen-bond acceptors (Lipinski definition) is 7. The number of rotatable bonds is 8. The smallest absolute Gasteiger partial charge is 0.246 e. The van der Waals surface area contributed by atoms with Gasteiger partial charge in [-0.05, 0) is 56.3 Å². The molecular weight excluding hydrogens is 546 g/mol. The Morgan fingerprint density at radius 2 is 1.77 bits per heavy atom. The van der Waals surface area contributed by atoms with Gasteiger partial charge in [-0.2, -0.15) is 0 Å². The number of sulfonamides is 1. The number of carbonyl (C=O) groups is 2. The Balaban J connectivity index is 1.39. The number of amides is 2. The number of likely N-dealkylation sites (tertiary alicyclic amines) is 1. The topological polar surface area (TPSA) is 112 Å². The van der Waals surface area contributed by atoms with Gasteiger partial charge in [-0.3, -0.25) is 9.59 Å². The molecule has 2 fully saturated rings. The van der Waals surface area contributed by atoms with Crippen molar-refractivity contribution in [3.63, 3.8) is 0 Å². The molecule has 2 aromatic carbocycles. The minimum Gasteiger partial charge on any atom is -0.343 e. The van der Waals surface area contributed by atoms with E-state index in [1.165, 1.54) is 10.6 Å². The molecule has 3 heterocycles. The van der Waals surface area contributed by atoms with Crippen molar-refractivity contribution in [1.29, 1.82) is 0 Å². The number of nitrogens with one attached hydrogen (secondary N) is 2. The quantitative estimate of drug-likeness (QED) is 0.421. The highest BCUT2D eigenvalue weighted by Gasteiger charge is 2.41. The first-order chi connectivity index (χ1) is 19.2. The predicted octanol–water partition coefficient (Wildman–Crippen LogP) is 3.39. The van der Waals surface area contributed by atoms with E-state index in [1.807, 2.05) is 23.1 Å². The Morgan fingerprint density at radius 3 is 2.50 bits per heavy atom. The van der Waals surface area contributed by atoms with E-state index in [2.05, 4.69) is 40.3 Å². The van der Waals surface area contributed by atoms with E-state index >= 15 is 0 Å². The van der Waals surface area contributed by atoms with Crippen LogP contribution >= 0.6 is 11.3 Å². The zero-order valence-corrected chi connectivity index (χ0v) is 24.8. The molecule has 2 N–H and O–H groups in total. The highest BCUT2D eigenvalue weighted by molar-refractivity contribution is 7.88. The van der Waals surface area contributed by atoms with Crippen LogP contribution in [-0.4, -0.2) is 79.4 Å². The van der Waals surface area contributed by atoms with Gasteiger partial charge in [-0.15, -0.1) is 11.3 Å². The molecule has 11 heteroatoms. The SMILES string of the molecule is CN[C@@H](C)C(=O)N[C@H](C(=O)N1CCC[C@H]1c1nc(-c2cccc3ccccc23)cs1)C1CCN(S(C)(=O)=O)CC1. The summed E-state index contributed by atoms with van der Waals surface area (Å²) in [4.78, 5) is 34.0. The summed E-state index contributed by atoms with van der Waals surface area (Å²) >= 11 is 1.57. The molecule has 9 nitrogen and oxygen atoms in total. The van der Waals surface area contributed by atoms with E-state index in [0.29, 0.717) is 32.5 Å². The van der Waals surface area contributed by atoms with Crippen molar-refractivity contribution in [1.82, 2.24) is 24.8 Å². The van der Waals surface area contributed by atoms with Crippen LogP contribution in [0.25, 0.3) is 22.0 Å². The van der Waals surface area contributed by atoms with Gasteiger partial charge in [0, 0.05) is 30.6 Å². The van der Waals surface area contributed by atoms with Crippen LogP contribution in [0.15, 0.2) is 47.8 Å². The van der Waals surface area contributed by atoms with Crippen molar-refractivity contribution in [3.8, 4) is 11.3 Å². The van der Waals surface area contributed by atoms with Gasteiger partial charge >= 0.3 is 0 Å².